The largest absolute Gasteiger partial charge is 0.421 e. The first-order valence-corrected chi connectivity index (χ1v) is 10.1. The van der Waals surface area contributed by atoms with Gasteiger partial charge in [-0.25, -0.2) is 0 Å². The molecule has 1 amide bonds. The number of morpholine rings is 1. The van der Waals surface area contributed by atoms with Gasteiger partial charge in [-0.3, -0.25) is 4.79 Å². The summed E-state index contributed by atoms with van der Waals surface area (Å²) in [4.78, 5) is 14.6. The van der Waals surface area contributed by atoms with Gasteiger partial charge in [-0.2, -0.15) is 13.2 Å². The first-order chi connectivity index (χ1) is 15.4. The van der Waals surface area contributed by atoms with Gasteiger partial charge in [0.1, 0.15) is 0 Å². The molecule has 3 aromatic rings. The van der Waals surface area contributed by atoms with Gasteiger partial charge in [0.25, 0.3) is 0 Å². The van der Waals surface area contributed by atoms with Crippen molar-refractivity contribution in [2.45, 2.75) is 19.0 Å². The Morgan fingerprint density at radius 1 is 1.06 bits per heavy atom. The Balaban J connectivity index is 1.37. The molecule has 1 N–H and O–H groups in total. The number of aryl methyl sites for hydroxylation is 1. The van der Waals surface area contributed by atoms with Crippen LogP contribution in [0.2, 0.25) is 0 Å². The number of anilines is 2. The second-order valence-electron chi connectivity index (χ2n) is 7.24. The number of carbonyl (C=O) groups is 1. The van der Waals surface area contributed by atoms with Gasteiger partial charge in [0.2, 0.25) is 17.7 Å². The molecular weight excluding hydrogens is 425 g/mol. The van der Waals surface area contributed by atoms with Crippen molar-refractivity contribution in [2.24, 2.45) is 0 Å². The molecular formula is C22H21F3N4O3. The maximum atomic E-state index is 12.9. The zero-order valence-corrected chi connectivity index (χ0v) is 17.1. The van der Waals surface area contributed by atoms with Crippen LogP contribution in [0.5, 0.6) is 0 Å². The van der Waals surface area contributed by atoms with Crippen LogP contribution < -0.4 is 10.2 Å². The van der Waals surface area contributed by atoms with Gasteiger partial charge in [-0.05, 0) is 30.3 Å². The standard InChI is InChI=1S/C22H21F3N4O3/c23-22(24,25)16-5-3-4-15(14-16)21-28-27-20(32-21)9-8-19(30)26-17-6-1-2-7-18(17)29-10-12-31-13-11-29/h1-7,14H,8-13H2,(H,26,30). The van der Waals surface area contributed by atoms with Crippen molar-refractivity contribution < 1.29 is 27.1 Å². The fourth-order valence-electron chi connectivity index (χ4n) is 3.39. The van der Waals surface area contributed by atoms with Gasteiger partial charge in [-0.15, -0.1) is 10.2 Å². The number of para-hydroxylation sites is 2. The average molecular weight is 446 g/mol. The molecule has 0 atom stereocenters. The summed E-state index contributed by atoms with van der Waals surface area (Å²) in [5, 5.41) is 10.6. The topological polar surface area (TPSA) is 80.5 Å². The average Bonchev–Trinajstić information content (AvgIpc) is 3.27. The van der Waals surface area contributed by atoms with Crippen LogP contribution in [0.3, 0.4) is 0 Å². The molecule has 2 heterocycles. The Bertz CT molecular complexity index is 1080. The van der Waals surface area contributed by atoms with E-state index in [1.807, 2.05) is 24.3 Å². The molecule has 1 aliphatic heterocycles. The molecule has 0 aliphatic carbocycles. The van der Waals surface area contributed by atoms with Crippen LogP contribution in [0.4, 0.5) is 24.5 Å². The van der Waals surface area contributed by atoms with E-state index in [2.05, 4.69) is 20.4 Å². The SMILES string of the molecule is O=C(CCc1nnc(-c2cccc(C(F)(F)F)c2)o1)Nc1ccccc1N1CCOCC1. The highest BCUT2D eigenvalue weighted by Crippen LogP contribution is 2.32. The number of hydrogen-bond acceptors (Lipinski definition) is 6. The molecule has 1 saturated heterocycles. The zero-order chi connectivity index (χ0) is 22.6. The van der Waals surface area contributed by atoms with E-state index in [1.54, 1.807) is 0 Å². The van der Waals surface area contributed by atoms with Gasteiger partial charge in [0, 0.05) is 31.5 Å². The molecule has 4 rings (SSSR count). The zero-order valence-electron chi connectivity index (χ0n) is 17.1. The highest BCUT2D eigenvalue weighted by molar-refractivity contribution is 5.94. The number of ether oxygens (including phenoxy) is 1. The number of nitrogens with one attached hydrogen (secondary N) is 1. The molecule has 168 valence electrons. The number of rotatable bonds is 6. The number of carbonyl (C=O) groups excluding carboxylic acids is 1. The van der Waals surface area contributed by atoms with E-state index in [9.17, 15) is 18.0 Å². The van der Waals surface area contributed by atoms with Crippen LogP contribution in [-0.2, 0) is 22.1 Å². The lowest BCUT2D eigenvalue weighted by molar-refractivity contribution is -0.137. The number of hydrogen-bond donors (Lipinski definition) is 1. The Morgan fingerprint density at radius 2 is 1.84 bits per heavy atom. The minimum absolute atomic E-state index is 0.0239. The molecule has 0 saturated carbocycles. The lowest BCUT2D eigenvalue weighted by atomic mass is 10.1. The van der Waals surface area contributed by atoms with Crippen molar-refractivity contribution in [3.8, 4) is 11.5 Å². The first kappa shape index (κ1) is 21.8. The van der Waals surface area contributed by atoms with Crippen molar-refractivity contribution in [3.63, 3.8) is 0 Å². The number of benzene rings is 2. The third kappa shape index (κ3) is 5.25. The molecule has 32 heavy (non-hydrogen) atoms. The summed E-state index contributed by atoms with van der Waals surface area (Å²) in [6, 6.07) is 12.2. The normalized spacial score (nSPS) is 14.4. The number of amides is 1. The fourth-order valence-corrected chi connectivity index (χ4v) is 3.39. The Kier molecular flexibility index (Phi) is 6.40. The van der Waals surface area contributed by atoms with E-state index in [0.29, 0.717) is 18.9 Å². The minimum atomic E-state index is -4.46. The van der Waals surface area contributed by atoms with Crippen LogP contribution in [0, 0.1) is 0 Å². The molecule has 7 nitrogen and oxygen atoms in total. The van der Waals surface area contributed by atoms with Crippen LogP contribution in [0.25, 0.3) is 11.5 Å². The number of aromatic nitrogens is 2. The number of nitrogens with zero attached hydrogens (tertiary/aromatic N) is 3. The maximum absolute atomic E-state index is 12.9. The second-order valence-corrected chi connectivity index (χ2v) is 7.24. The summed E-state index contributed by atoms with van der Waals surface area (Å²) in [7, 11) is 0. The first-order valence-electron chi connectivity index (χ1n) is 10.1. The van der Waals surface area contributed by atoms with Crippen molar-refractivity contribution >= 4 is 17.3 Å². The van der Waals surface area contributed by atoms with Gasteiger partial charge < -0.3 is 19.4 Å². The van der Waals surface area contributed by atoms with Crippen LogP contribution in [-0.4, -0.2) is 42.4 Å². The van der Waals surface area contributed by atoms with E-state index in [1.165, 1.54) is 12.1 Å². The summed E-state index contributed by atoms with van der Waals surface area (Å²) >= 11 is 0. The summed E-state index contributed by atoms with van der Waals surface area (Å²) in [5.41, 5.74) is 0.999. The molecule has 10 heteroatoms. The summed E-state index contributed by atoms with van der Waals surface area (Å²) in [6.07, 6.45) is -4.21. The van der Waals surface area contributed by atoms with Gasteiger partial charge in [0.05, 0.1) is 30.2 Å². The molecule has 1 fully saturated rings. The molecule has 0 bridgehead atoms. The summed E-state index contributed by atoms with van der Waals surface area (Å²) < 4.78 is 49.6. The maximum Gasteiger partial charge on any atom is 0.416 e. The predicted molar refractivity (Wildman–Crippen MR) is 111 cm³/mol. The third-order valence-corrected chi connectivity index (χ3v) is 5.00. The summed E-state index contributed by atoms with van der Waals surface area (Å²) in [6.45, 7) is 2.75. The van der Waals surface area contributed by atoms with E-state index in [4.69, 9.17) is 9.15 Å². The third-order valence-electron chi connectivity index (χ3n) is 5.00. The van der Waals surface area contributed by atoms with E-state index >= 15 is 0 Å². The predicted octanol–water partition coefficient (Wildman–Crippen LogP) is 4.16. The molecule has 1 aromatic heterocycles. The minimum Gasteiger partial charge on any atom is -0.421 e. The lowest BCUT2D eigenvalue weighted by Gasteiger charge is -2.30. The van der Waals surface area contributed by atoms with Gasteiger partial charge >= 0.3 is 6.18 Å². The van der Waals surface area contributed by atoms with Crippen molar-refractivity contribution in [3.05, 3.63) is 60.0 Å². The van der Waals surface area contributed by atoms with E-state index in [0.717, 1.165) is 30.9 Å². The fraction of sp³-hybridized carbons (Fsp3) is 0.318. The summed E-state index contributed by atoms with van der Waals surface area (Å²) in [5.74, 6) is -0.0808. The van der Waals surface area contributed by atoms with Crippen molar-refractivity contribution in [1.29, 1.82) is 0 Å². The molecule has 1 aliphatic rings. The van der Waals surface area contributed by atoms with Gasteiger partial charge in [-0.1, -0.05) is 18.2 Å². The van der Waals surface area contributed by atoms with Crippen LogP contribution in [0.15, 0.2) is 52.9 Å². The highest BCUT2D eigenvalue weighted by Gasteiger charge is 2.30. The molecule has 0 radical (unpaired) electrons. The van der Waals surface area contributed by atoms with Crippen molar-refractivity contribution in [1.82, 2.24) is 10.2 Å². The number of alkyl halides is 3. The Labute approximate surface area is 182 Å². The monoisotopic (exact) mass is 446 g/mol. The Morgan fingerprint density at radius 3 is 2.62 bits per heavy atom. The Hall–Kier alpha value is -3.40. The molecule has 0 spiro atoms. The quantitative estimate of drug-likeness (QED) is 0.613. The molecule has 0 unspecified atom stereocenters. The van der Waals surface area contributed by atoms with Crippen molar-refractivity contribution in [2.75, 3.05) is 36.5 Å². The van der Waals surface area contributed by atoms with Gasteiger partial charge in [0.15, 0.2) is 0 Å². The number of halogens is 3. The smallest absolute Gasteiger partial charge is 0.416 e. The van der Waals surface area contributed by atoms with E-state index in [-0.39, 0.29) is 36.1 Å². The molecule has 2 aromatic carbocycles. The van der Waals surface area contributed by atoms with Crippen LogP contribution >= 0.6 is 0 Å². The second kappa shape index (κ2) is 9.39. The van der Waals surface area contributed by atoms with Crippen LogP contribution in [0.1, 0.15) is 17.9 Å². The lowest BCUT2D eigenvalue weighted by Crippen LogP contribution is -2.36. The van der Waals surface area contributed by atoms with E-state index < -0.39 is 11.7 Å². The highest BCUT2D eigenvalue weighted by atomic mass is 19.4.